The molecule has 1 heterocycles. The van der Waals surface area contributed by atoms with Gasteiger partial charge in [-0.15, -0.1) is 0 Å². The lowest BCUT2D eigenvalue weighted by Gasteiger charge is -2.12. The van der Waals surface area contributed by atoms with Crippen molar-refractivity contribution < 1.29 is 19.6 Å². The number of nitrogens with zero attached hydrogens (tertiary/aromatic N) is 2. The summed E-state index contributed by atoms with van der Waals surface area (Å²) in [6.07, 6.45) is 8.37. The van der Waals surface area contributed by atoms with Crippen molar-refractivity contribution in [2.24, 2.45) is 0 Å². The molecule has 5 nitrogen and oxygen atoms in total. The van der Waals surface area contributed by atoms with E-state index in [1.165, 1.54) is 32.1 Å². The summed E-state index contributed by atoms with van der Waals surface area (Å²) < 4.78 is 1.95. The second kappa shape index (κ2) is 9.75. The van der Waals surface area contributed by atoms with Crippen LogP contribution in [0.25, 0.3) is 0 Å². The number of carboxylic acid groups (broad SMARTS) is 1. The minimum Gasteiger partial charge on any atom is -0.478 e. The Morgan fingerprint density at radius 3 is 2.60 bits per heavy atom. The molecule has 0 bridgehead atoms. The van der Waals surface area contributed by atoms with Crippen LogP contribution < -0.4 is 0 Å². The molecule has 0 amide bonds. The van der Waals surface area contributed by atoms with Crippen molar-refractivity contribution in [3.8, 4) is 0 Å². The summed E-state index contributed by atoms with van der Waals surface area (Å²) in [5.74, 6) is 0.327. The van der Waals surface area contributed by atoms with E-state index in [2.05, 4.69) is 11.8 Å². The number of carbonyl (C=O) groups is 1. The van der Waals surface area contributed by atoms with Gasteiger partial charge in [0.1, 0.15) is 19.6 Å². The van der Waals surface area contributed by atoms with Crippen LogP contribution in [-0.4, -0.2) is 64.3 Å². The smallest absolute Gasteiger partial charge is 0.345 e. The van der Waals surface area contributed by atoms with Crippen molar-refractivity contribution in [2.45, 2.75) is 51.9 Å². The van der Waals surface area contributed by atoms with Crippen LogP contribution in [0.2, 0.25) is 0 Å². The number of hydrogen-bond donors (Lipinski definition) is 2. The maximum Gasteiger partial charge on any atom is 0.345 e. The number of β-amino-alcohol motifs (C(OH)–C–C–N with tert-alkyl or cyclic N) is 1. The van der Waals surface area contributed by atoms with Crippen molar-refractivity contribution in [1.29, 1.82) is 0 Å². The largest absolute Gasteiger partial charge is 0.478 e. The molecule has 0 aromatic rings. The Balaban J connectivity index is 2.43. The Hall–Kier alpha value is -1.10. The lowest BCUT2D eigenvalue weighted by molar-refractivity contribution is -0.509. The van der Waals surface area contributed by atoms with Crippen molar-refractivity contribution in [3.63, 3.8) is 0 Å². The van der Waals surface area contributed by atoms with E-state index in [4.69, 9.17) is 10.2 Å². The number of carboxylic acids is 1. The number of aliphatic hydroxyl groups is 1. The van der Waals surface area contributed by atoms with E-state index in [0.29, 0.717) is 6.54 Å². The highest BCUT2D eigenvalue weighted by Crippen LogP contribution is 2.12. The summed E-state index contributed by atoms with van der Waals surface area (Å²) in [6, 6.07) is 0. The van der Waals surface area contributed by atoms with E-state index < -0.39 is 5.97 Å². The Morgan fingerprint density at radius 1 is 1.25 bits per heavy atom. The summed E-state index contributed by atoms with van der Waals surface area (Å²) in [6.45, 7) is 4.62. The zero-order valence-electron chi connectivity index (χ0n) is 12.7. The highest BCUT2D eigenvalue weighted by molar-refractivity contribution is 5.79. The molecule has 20 heavy (non-hydrogen) atoms. The van der Waals surface area contributed by atoms with Gasteiger partial charge in [-0.3, -0.25) is 9.48 Å². The van der Waals surface area contributed by atoms with Gasteiger partial charge in [0, 0.05) is 6.42 Å². The number of amidine groups is 1. The van der Waals surface area contributed by atoms with Crippen LogP contribution in [0.15, 0.2) is 0 Å². The van der Waals surface area contributed by atoms with Crippen molar-refractivity contribution in [3.05, 3.63) is 0 Å². The van der Waals surface area contributed by atoms with E-state index in [9.17, 15) is 4.79 Å². The average molecular weight is 285 g/mol. The monoisotopic (exact) mass is 285 g/mol. The van der Waals surface area contributed by atoms with Gasteiger partial charge < -0.3 is 10.2 Å². The molecule has 116 valence electrons. The second-order valence-electron chi connectivity index (χ2n) is 5.46. The topological polar surface area (TPSA) is 63.8 Å². The summed E-state index contributed by atoms with van der Waals surface area (Å²) >= 11 is 0. The molecular formula is C15H29N2O3+. The fraction of sp³-hybridized carbons (Fsp3) is 0.867. The van der Waals surface area contributed by atoms with Gasteiger partial charge in [0.25, 0.3) is 0 Å². The summed E-state index contributed by atoms with van der Waals surface area (Å²) in [4.78, 5) is 13.0. The van der Waals surface area contributed by atoms with Crippen molar-refractivity contribution >= 4 is 11.8 Å². The summed E-state index contributed by atoms with van der Waals surface area (Å²) in [7, 11) is 0. The Kier molecular flexibility index (Phi) is 8.26. The molecule has 0 radical (unpaired) electrons. The van der Waals surface area contributed by atoms with Crippen LogP contribution >= 0.6 is 0 Å². The van der Waals surface area contributed by atoms with Gasteiger partial charge in [-0.25, -0.2) is 4.79 Å². The van der Waals surface area contributed by atoms with Gasteiger partial charge in [-0.05, 0) is 6.42 Å². The maximum atomic E-state index is 10.9. The fourth-order valence-corrected chi connectivity index (χ4v) is 2.77. The lowest BCUT2D eigenvalue weighted by Crippen LogP contribution is -2.33. The molecule has 0 saturated carbocycles. The van der Waals surface area contributed by atoms with Gasteiger partial charge in [-0.2, -0.15) is 0 Å². The van der Waals surface area contributed by atoms with Crippen LogP contribution in [0.5, 0.6) is 0 Å². The first-order valence-electron chi connectivity index (χ1n) is 7.87. The van der Waals surface area contributed by atoms with Crippen LogP contribution in [0, 0.1) is 0 Å². The van der Waals surface area contributed by atoms with E-state index in [1.54, 1.807) is 0 Å². The molecular weight excluding hydrogens is 256 g/mol. The van der Waals surface area contributed by atoms with Gasteiger partial charge >= 0.3 is 5.97 Å². The quantitative estimate of drug-likeness (QED) is 0.446. The van der Waals surface area contributed by atoms with Gasteiger partial charge in [0.05, 0.1) is 6.61 Å². The first-order chi connectivity index (χ1) is 9.69. The Bertz CT molecular complexity index is 329. The van der Waals surface area contributed by atoms with E-state index in [1.807, 2.05) is 4.58 Å². The van der Waals surface area contributed by atoms with Gasteiger partial charge in [0.2, 0.25) is 5.84 Å². The van der Waals surface area contributed by atoms with Gasteiger partial charge in [-0.1, -0.05) is 39.0 Å². The highest BCUT2D eigenvalue weighted by Gasteiger charge is 2.30. The number of aliphatic hydroxyl groups excluding tert-OH is 1. The Labute approximate surface area is 121 Å². The van der Waals surface area contributed by atoms with E-state index in [-0.39, 0.29) is 13.2 Å². The molecule has 0 aliphatic carbocycles. The third-order valence-corrected chi connectivity index (χ3v) is 3.82. The lowest BCUT2D eigenvalue weighted by atomic mass is 10.1. The molecule has 0 aromatic carbocycles. The normalized spacial score (nSPS) is 15.2. The van der Waals surface area contributed by atoms with Gasteiger partial charge in [0.15, 0.2) is 6.54 Å². The fourth-order valence-electron chi connectivity index (χ4n) is 2.77. The number of unbranched alkanes of at least 4 members (excludes halogenated alkanes) is 5. The molecule has 1 aliphatic rings. The Morgan fingerprint density at radius 2 is 1.95 bits per heavy atom. The van der Waals surface area contributed by atoms with Crippen LogP contribution in [0.1, 0.15) is 51.9 Å². The highest BCUT2D eigenvalue weighted by atomic mass is 16.4. The van der Waals surface area contributed by atoms with E-state index in [0.717, 1.165) is 31.8 Å². The minimum atomic E-state index is -0.781. The van der Waals surface area contributed by atoms with Crippen LogP contribution in [0.3, 0.4) is 0 Å². The number of hydrogen-bond acceptors (Lipinski definition) is 3. The van der Waals surface area contributed by atoms with Crippen molar-refractivity contribution in [2.75, 3.05) is 32.8 Å². The summed E-state index contributed by atoms with van der Waals surface area (Å²) in [5, 5.41) is 18.0. The molecule has 0 unspecified atom stereocenters. The third kappa shape index (κ3) is 5.90. The summed E-state index contributed by atoms with van der Waals surface area (Å²) in [5.41, 5.74) is 0. The SMILES string of the molecule is CCCCCCCCC1=[N+](CC(=O)O)CCN1CCO. The minimum absolute atomic E-state index is 0.0765. The number of rotatable bonds is 11. The first kappa shape index (κ1) is 17.0. The average Bonchev–Trinajstić information content (AvgIpc) is 2.76. The zero-order chi connectivity index (χ0) is 14.8. The maximum absolute atomic E-state index is 10.9. The molecule has 0 spiro atoms. The number of aliphatic carboxylic acids is 1. The molecule has 2 N–H and O–H groups in total. The molecule has 0 saturated heterocycles. The predicted octanol–water partition coefficient (Wildman–Crippen LogP) is 1.54. The molecule has 1 rings (SSSR count). The zero-order valence-corrected chi connectivity index (χ0v) is 12.7. The predicted molar refractivity (Wildman–Crippen MR) is 79.3 cm³/mol. The third-order valence-electron chi connectivity index (χ3n) is 3.82. The molecule has 5 heteroatoms. The first-order valence-corrected chi connectivity index (χ1v) is 7.87. The molecule has 0 fully saturated rings. The van der Waals surface area contributed by atoms with E-state index >= 15 is 0 Å². The standard InChI is InChI=1S/C15H28N2O3/c1-2-3-4-5-6-7-8-14-16(11-12-18)9-10-17(14)13-15(19)20/h18H,2-13H2,1H3/p+1. The van der Waals surface area contributed by atoms with Crippen LogP contribution in [0.4, 0.5) is 0 Å². The molecule has 1 aliphatic heterocycles. The second-order valence-corrected chi connectivity index (χ2v) is 5.46. The molecule has 0 atom stereocenters. The van der Waals surface area contributed by atoms with Crippen molar-refractivity contribution in [1.82, 2.24) is 4.90 Å². The molecule has 0 aromatic heterocycles. The van der Waals surface area contributed by atoms with Crippen LogP contribution in [-0.2, 0) is 4.79 Å².